The molecule has 0 unspecified atom stereocenters. The normalized spacial score (nSPS) is 17.8. The summed E-state index contributed by atoms with van der Waals surface area (Å²) in [5.41, 5.74) is 6.39. The minimum atomic E-state index is 0.0256. The molecule has 1 saturated heterocycles. The molecule has 0 radical (unpaired) electrons. The lowest BCUT2D eigenvalue weighted by atomic mass is 10.2. The number of nitrogens with two attached hydrogens (primary N) is 1. The summed E-state index contributed by atoms with van der Waals surface area (Å²) in [6.45, 7) is 11.8. The zero-order valence-corrected chi connectivity index (χ0v) is 12.6. The molecule has 1 aromatic heterocycles. The maximum atomic E-state index is 11.7. The van der Waals surface area contributed by atoms with Crippen molar-refractivity contribution in [2.75, 3.05) is 45.0 Å². The molecule has 20 heavy (non-hydrogen) atoms. The number of nitrogens with zero attached hydrogens (tertiary/aromatic N) is 3. The largest absolute Gasteiger partial charge is 0.398 e. The van der Waals surface area contributed by atoms with Gasteiger partial charge < -0.3 is 15.2 Å². The number of aromatic nitrogens is 1. The number of hydrogen-bond acceptors (Lipinski definition) is 4. The Morgan fingerprint density at radius 2 is 1.75 bits per heavy atom. The van der Waals surface area contributed by atoms with Gasteiger partial charge in [0, 0.05) is 63.8 Å². The highest BCUT2D eigenvalue weighted by Gasteiger charge is 2.17. The van der Waals surface area contributed by atoms with Crippen LogP contribution >= 0.6 is 0 Å². The van der Waals surface area contributed by atoms with E-state index < -0.39 is 0 Å². The second-order valence-electron chi connectivity index (χ2n) is 6.03. The molecule has 1 aliphatic heterocycles. The molecule has 2 N–H and O–H groups in total. The Bertz CT molecular complexity index is 475. The highest BCUT2D eigenvalue weighted by Crippen LogP contribution is 2.05. The first kappa shape index (κ1) is 15.1. The van der Waals surface area contributed by atoms with Crippen LogP contribution in [-0.4, -0.2) is 53.6 Å². The minimum absolute atomic E-state index is 0.0256. The van der Waals surface area contributed by atoms with Crippen LogP contribution in [0.25, 0.3) is 0 Å². The van der Waals surface area contributed by atoms with Gasteiger partial charge in [-0.05, 0) is 12.0 Å². The highest BCUT2D eigenvalue weighted by atomic mass is 16.1. The first-order valence-electron chi connectivity index (χ1n) is 7.45. The van der Waals surface area contributed by atoms with Gasteiger partial charge in [-0.2, -0.15) is 0 Å². The third-order valence-corrected chi connectivity index (χ3v) is 3.75. The molecule has 2 heterocycles. The zero-order chi connectivity index (χ0) is 14.5. The quantitative estimate of drug-likeness (QED) is 0.861. The molecule has 0 amide bonds. The molecular weight excluding hydrogens is 252 g/mol. The van der Waals surface area contributed by atoms with E-state index in [0.29, 0.717) is 12.2 Å². The molecule has 1 aromatic rings. The Labute approximate surface area is 121 Å². The molecule has 0 saturated carbocycles. The molecule has 0 atom stereocenters. The Hall–Kier alpha value is -1.33. The van der Waals surface area contributed by atoms with Crippen LogP contribution in [0, 0.1) is 5.92 Å². The summed E-state index contributed by atoms with van der Waals surface area (Å²) < 4.78 is 1.70. The van der Waals surface area contributed by atoms with Crippen molar-refractivity contribution in [3.05, 3.63) is 28.7 Å². The van der Waals surface area contributed by atoms with Crippen molar-refractivity contribution in [1.29, 1.82) is 0 Å². The van der Waals surface area contributed by atoms with Gasteiger partial charge in [-0.25, -0.2) is 0 Å². The SMILES string of the molecule is CC(C)CN1CCN(CCn2cc(N)ccc2=O)CC1. The molecule has 5 nitrogen and oxygen atoms in total. The summed E-state index contributed by atoms with van der Waals surface area (Å²) in [5.74, 6) is 0.729. The fourth-order valence-corrected chi connectivity index (χ4v) is 2.69. The van der Waals surface area contributed by atoms with E-state index in [1.54, 1.807) is 16.8 Å². The van der Waals surface area contributed by atoms with Gasteiger partial charge in [-0.1, -0.05) is 13.8 Å². The van der Waals surface area contributed by atoms with Gasteiger partial charge in [0.15, 0.2) is 0 Å². The van der Waals surface area contributed by atoms with Crippen LogP contribution in [0.1, 0.15) is 13.8 Å². The molecule has 0 aliphatic carbocycles. The summed E-state index contributed by atoms with van der Waals surface area (Å²) in [7, 11) is 0. The lowest BCUT2D eigenvalue weighted by molar-refractivity contribution is 0.119. The predicted molar refractivity (Wildman–Crippen MR) is 82.8 cm³/mol. The van der Waals surface area contributed by atoms with Crippen molar-refractivity contribution in [3.8, 4) is 0 Å². The van der Waals surface area contributed by atoms with Crippen molar-refractivity contribution in [1.82, 2.24) is 14.4 Å². The number of pyridine rings is 1. The van der Waals surface area contributed by atoms with E-state index in [2.05, 4.69) is 23.6 Å². The van der Waals surface area contributed by atoms with E-state index in [9.17, 15) is 4.79 Å². The molecular formula is C15H26N4O. The number of anilines is 1. The molecule has 0 bridgehead atoms. The first-order chi connectivity index (χ1) is 9.54. The van der Waals surface area contributed by atoms with Crippen LogP contribution in [-0.2, 0) is 6.54 Å². The van der Waals surface area contributed by atoms with E-state index in [4.69, 9.17) is 5.73 Å². The van der Waals surface area contributed by atoms with E-state index >= 15 is 0 Å². The highest BCUT2D eigenvalue weighted by molar-refractivity contribution is 5.33. The number of piperazine rings is 1. The van der Waals surface area contributed by atoms with Crippen molar-refractivity contribution in [2.24, 2.45) is 5.92 Å². The van der Waals surface area contributed by atoms with Crippen LogP contribution in [0.15, 0.2) is 23.1 Å². The van der Waals surface area contributed by atoms with E-state index in [-0.39, 0.29) is 5.56 Å². The van der Waals surface area contributed by atoms with Gasteiger partial charge in [-0.15, -0.1) is 0 Å². The second kappa shape index (κ2) is 6.90. The fourth-order valence-electron chi connectivity index (χ4n) is 2.69. The predicted octanol–water partition coefficient (Wildman–Crippen LogP) is 0.704. The van der Waals surface area contributed by atoms with Crippen LogP contribution < -0.4 is 11.3 Å². The number of hydrogen-bond donors (Lipinski definition) is 1. The maximum Gasteiger partial charge on any atom is 0.250 e. The van der Waals surface area contributed by atoms with Crippen LogP contribution in [0.5, 0.6) is 0 Å². The molecule has 0 spiro atoms. The van der Waals surface area contributed by atoms with Gasteiger partial charge in [0.25, 0.3) is 5.56 Å². The summed E-state index contributed by atoms with van der Waals surface area (Å²) in [6, 6.07) is 3.19. The van der Waals surface area contributed by atoms with E-state index in [0.717, 1.165) is 38.6 Å². The van der Waals surface area contributed by atoms with Crippen LogP contribution in [0.3, 0.4) is 0 Å². The zero-order valence-electron chi connectivity index (χ0n) is 12.6. The summed E-state index contributed by atoms with van der Waals surface area (Å²) in [6.07, 6.45) is 1.73. The van der Waals surface area contributed by atoms with Gasteiger partial charge >= 0.3 is 0 Å². The monoisotopic (exact) mass is 278 g/mol. The second-order valence-corrected chi connectivity index (χ2v) is 6.03. The van der Waals surface area contributed by atoms with Gasteiger partial charge in [0.05, 0.1) is 0 Å². The third kappa shape index (κ3) is 4.35. The number of nitrogen functional groups attached to an aromatic ring is 1. The maximum absolute atomic E-state index is 11.7. The lowest BCUT2D eigenvalue weighted by Gasteiger charge is -2.35. The van der Waals surface area contributed by atoms with Crippen molar-refractivity contribution in [2.45, 2.75) is 20.4 Å². The average Bonchev–Trinajstić information content (AvgIpc) is 2.41. The lowest BCUT2D eigenvalue weighted by Crippen LogP contribution is -2.48. The van der Waals surface area contributed by atoms with Crippen LogP contribution in [0.2, 0.25) is 0 Å². The molecule has 1 fully saturated rings. The topological polar surface area (TPSA) is 54.5 Å². The van der Waals surface area contributed by atoms with Crippen molar-refractivity contribution >= 4 is 5.69 Å². The molecule has 5 heteroatoms. The Kier molecular flexibility index (Phi) is 5.20. The van der Waals surface area contributed by atoms with Gasteiger partial charge in [0.1, 0.15) is 0 Å². The summed E-state index contributed by atoms with van der Waals surface area (Å²) in [4.78, 5) is 16.6. The van der Waals surface area contributed by atoms with Crippen molar-refractivity contribution < 1.29 is 0 Å². The molecule has 0 aromatic carbocycles. The van der Waals surface area contributed by atoms with Gasteiger partial charge in [-0.3, -0.25) is 9.69 Å². The number of rotatable bonds is 5. The molecule has 2 rings (SSSR count). The third-order valence-electron chi connectivity index (χ3n) is 3.75. The minimum Gasteiger partial charge on any atom is -0.398 e. The summed E-state index contributed by atoms with van der Waals surface area (Å²) >= 11 is 0. The van der Waals surface area contributed by atoms with Crippen LogP contribution in [0.4, 0.5) is 5.69 Å². The molecule has 112 valence electrons. The van der Waals surface area contributed by atoms with E-state index in [1.807, 2.05) is 0 Å². The smallest absolute Gasteiger partial charge is 0.250 e. The van der Waals surface area contributed by atoms with E-state index in [1.165, 1.54) is 12.6 Å². The fraction of sp³-hybridized carbons (Fsp3) is 0.667. The van der Waals surface area contributed by atoms with Crippen molar-refractivity contribution in [3.63, 3.8) is 0 Å². The Morgan fingerprint density at radius 1 is 1.10 bits per heavy atom. The summed E-state index contributed by atoms with van der Waals surface area (Å²) in [5, 5.41) is 0. The molecule has 1 aliphatic rings. The average molecular weight is 278 g/mol. The standard InChI is InChI=1S/C15H26N4O/c1-13(2)11-18-7-5-17(6-8-18)9-10-19-12-14(16)3-4-15(19)20/h3-4,12-13H,5-11,16H2,1-2H3. The van der Waals surface area contributed by atoms with Gasteiger partial charge in [0.2, 0.25) is 0 Å². The Balaban J connectivity index is 1.79. The first-order valence-corrected chi connectivity index (χ1v) is 7.45. The Morgan fingerprint density at radius 3 is 2.40 bits per heavy atom.